The van der Waals surface area contributed by atoms with Gasteiger partial charge in [-0.3, -0.25) is 9.48 Å². The molecule has 2 N–H and O–H groups in total. The van der Waals surface area contributed by atoms with Gasteiger partial charge in [-0.15, -0.1) is 0 Å². The number of benzene rings is 1. The van der Waals surface area contributed by atoms with Gasteiger partial charge in [0.2, 0.25) is 5.91 Å². The summed E-state index contributed by atoms with van der Waals surface area (Å²) in [5, 5.41) is 13.5. The second-order valence-corrected chi connectivity index (χ2v) is 7.23. The predicted octanol–water partition coefficient (Wildman–Crippen LogP) is 2.65. The number of aromatic nitrogens is 6. The van der Waals surface area contributed by atoms with Crippen molar-refractivity contribution >= 4 is 11.7 Å². The van der Waals surface area contributed by atoms with Gasteiger partial charge in [-0.1, -0.05) is 23.4 Å². The fourth-order valence-electron chi connectivity index (χ4n) is 3.30. The van der Waals surface area contributed by atoms with Crippen molar-refractivity contribution in [1.29, 1.82) is 0 Å². The molecule has 0 saturated heterocycles. The average molecular weight is 461 g/mol. The standard InChI is InChI=1S/C22H16FN7O4/c23-15-4-2-1-3-13(15)12-30-18(16-6-8-33-29-16)11-17(27-30)22-24-7-5-19(26-22)25-20(31)9-14-10-21(32)34-28-14/h1-8,10-11,28H,9,12H2,(H,24,25,26,31). The first-order chi connectivity index (χ1) is 16.5. The Morgan fingerprint density at radius 3 is 2.79 bits per heavy atom. The molecule has 11 nitrogen and oxygen atoms in total. The first kappa shape index (κ1) is 21.0. The second kappa shape index (κ2) is 8.94. The van der Waals surface area contributed by atoms with Crippen LogP contribution in [-0.2, 0) is 17.8 Å². The quantitative estimate of drug-likeness (QED) is 0.376. The van der Waals surface area contributed by atoms with Crippen LogP contribution < -0.4 is 10.9 Å². The van der Waals surface area contributed by atoms with Crippen LogP contribution in [0, 0.1) is 5.82 Å². The Balaban J connectivity index is 1.42. The van der Waals surface area contributed by atoms with E-state index in [1.54, 1.807) is 35.0 Å². The summed E-state index contributed by atoms with van der Waals surface area (Å²) in [5.41, 5.74) is 1.69. The van der Waals surface area contributed by atoms with Crippen molar-refractivity contribution in [2.45, 2.75) is 13.0 Å². The second-order valence-electron chi connectivity index (χ2n) is 7.23. The van der Waals surface area contributed by atoms with Gasteiger partial charge in [0.1, 0.15) is 29.3 Å². The van der Waals surface area contributed by atoms with E-state index >= 15 is 0 Å². The smallest absolute Gasteiger partial charge is 0.357 e. The van der Waals surface area contributed by atoms with Crippen molar-refractivity contribution in [3.05, 3.63) is 88.5 Å². The largest absolute Gasteiger partial charge is 0.364 e. The predicted molar refractivity (Wildman–Crippen MR) is 116 cm³/mol. The Morgan fingerprint density at radius 2 is 2.03 bits per heavy atom. The Kier molecular flexibility index (Phi) is 5.52. The van der Waals surface area contributed by atoms with Crippen molar-refractivity contribution in [3.8, 4) is 22.9 Å². The molecule has 0 aliphatic heterocycles. The number of nitrogens with zero attached hydrogens (tertiary/aromatic N) is 5. The number of hydrogen-bond acceptors (Lipinski definition) is 8. The van der Waals surface area contributed by atoms with Crippen molar-refractivity contribution < 1.29 is 18.2 Å². The normalized spacial score (nSPS) is 11.0. The highest BCUT2D eigenvalue weighted by atomic mass is 19.1. The number of carbonyl (C=O) groups is 1. The van der Waals surface area contributed by atoms with E-state index in [4.69, 9.17) is 4.52 Å². The van der Waals surface area contributed by atoms with Crippen molar-refractivity contribution in [3.63, 3.8) is 0 Å². The van der Waals surface area contributed by atoms with Crippen LogP contribution in [0.2, 0.25) is 0 Å². The molecule has 0 bridgehead atoms. The Hall–Kier alpha value is -4.87. The van der Waals surface area contributed by atoms with E-state index in [1.807, 2.05) is 0 Å². The third kappa shape index (κ3) is 4.50. The fourth-order valence-corrected chi connectivity index (χ4v) is 3.30. The number of rotatable bonds is 7. The van der Waals surface area contributed by atoms with Crippen LogP contribution in [0.5, 0.6) is 0 Å². The molecule has 12 heteroatoms. The Labute approximate surface area is 190 Å². The highest BCUT2D eigenvalue weighted by molar-refractivity contribution is 5.91. The van der Waals surface area contributed by atoms with Gasteiger partial charge in [0.05, 0.1) is 24.4 Å². The number of nitrogens with one attached hydrogen (secondary N) is 2. The van der Waals surface area contributed by atoms with E-state index in [9.17, 15) is 14.0 Å². The number of hydrogen-bond donors (Lipinski definition) is 2. The zero-order valence-corrected chi connectivity index (χ0v) is 17.4. The molecule has 0 fully saturated rings. The summed E-state index contributed by atoms with van der Waals surface area (Å²) in [6.45, 7) is 0.147. The van der Waals surface area contributed by atoms with Gasteiger partial charge in [-0.2, -0.15) is 5.10 Å². The van der Waals surface area contributed by atoms with Crippen molar-refractivity contribution in [1.82, 2.24) is 30.1 Å². The fraction of sp³-hybridized carbons (Fsp3) is 0.0909. The molecule has 0 unspecified atom stereocenters. The summed E-state index contributed by atoms with van der Waals surface area (Å²) in [4.78, 5) is 32.0. The highest BCUT2D eigenvalue weighted by Crippen LogP contribution is 2.25. The lowest BCUT2D eigenvalue weighted by molar-refractivity contribution is -0.115. The molecular formula is C22H16FN7O4. The third-order valence-corrected chi connectivity index (χ3v) is 4.84. The lowest BCUT2D eigenvalue weighted by Gasteiger charge is -2.06. The number of H-pyrrole nitrogens is 1. The van der Waals surface area contributed by atoms with Crippen molar-refractivity contribution in [2.24, 2.45) is 0 Å². The minimum Gasteiger partial charge on any atom is -0.364 e. The number of amides is 1. The minimum atomic E-state index is -0.569. The molecule has 1 amide bonds. The molecule has 0 aliphatic carbocycles. The topological polar surface area (TPSA) is 145 Å². The van der Waals surface area contributed by atoms with Gasteiger partial charge in [0, 0.05) is 23.9 Å². The molecule has 4 heterocycles. The van der Waals surface area contributed by atoms with E-state index in [1.165, 1.54) is 30.7 Å². The van der Waals surface area contributed by atoms with Gasteiger partial charge in [-0.25, -0.2) is 24.3 Å². The van der Waals surface area contributed by atoms with Crippen LogP contribution in [0.15, 0.2) is 74.8 Å². The summed E-state index contributed by atoms with van der Waals surface area (Å²) in [5.74, 6) is -0.278. The van der Waals surface area contributed by atoms with Crippen LogP contribution in [0.3, 0.4) is 0 Å². The van der Waals surface area contributed by atoms with Crippen LogP contribution in [-0.4, -0.2) is 36.0 Å². The first-order valence-electron chi connectivity index (χ1n) is 10.1. The summed E-state index contributed by atoms with van der Waals surface area (Å²) < 4.78 is 25.3. The molecule has 0 atom stereocenters. The molecular weight excluding hydrogens is 445 g/mol. The maximum Gasteiger partial charge on any atom is 0.357 e. The maximum absolute atomic E-state index is 14.2. The molecule has 5 aromatic rings. The molecule has 34 heavy (non-hydrogen) atoms. The van der Waals surface area contributed by atoms with Gasteiger partial charge in [0.25, 0.3) is 0 Å². The third-order valence-electron chi connectivity index (χ3n) is 4.84. The van der Waals surface area contributed by atoms with Gasteiger partial charge in [0.15, 0.2) is 5.82 Å². The number of halogens is 1. The SMILES string of the molecule is O=C(Cc1cc(=O)o[nH]1)Nc1ccnc(-c2cc(-c3ccon3)n(Cc3ccccc3F)n2)n1. The molecule has 170 valence electrons. The average Bonchev–Trinajstić information content (AvgIpc) is 3.57. The van der Waals surface area contributed by atoms with Crippen LogP contribution in [0.1, 0.15) is 11.3 Å². The van der Waals surface area contributed by atoms with Crippen LogP contribution >= 0.6 is 0 Å². The van der Waals surface area contributed by atoms with E-state index in [2.05, 4.69) is 35.2 Å². The zero-order valence-electron chi connectivity index (χ0n) is 17.4. The zero-order chi connectivity index (χ0) is 23.5. The van der Waals surface area contributed by atoms with E-state index < -0.39 is 11.5 Å². The Bertz CT molecular complexity index is 1500. The van der Waals surface area contributed by atoms with E-state index in [0.717, 1.165) is 0 Å². The molecule has 5 rings (SSSR count). The highest BCUT2D eigenvalue weighted by Gasteiger charge is 2.17. The number of anilines is 1. The van der Waals surface area contributed by atoms with E-state index in [0.29, 0.717) is 28.3 Å². The number of carbonyl (C=O) groups excluding carboxylic acids is 1. The lowest BCUT2D eigenvalue weighted by atomic mass is 10.2. The van der Waals surface area contributed by atoms with Crippen molar-refractivity contribution in [2.75, 3.05) is 5.32 Å². The number of aromatic amines is 1. The maximum atomic E-state index is 14.2. The first-order valence-corrected chi connectivity index (χ1v) is 10.1. The van der Waals surface area contributed by atoms with Gasteiger partial charge >= 0.3 is 5.63 Å². The molecule has 0 radical (unpaired) electrons. The monoisotopic (exact) mass is 461 g/mol. The molecule has 4 aromatic heterocycles. The lowest BCUT2D eigenvalue weighted by Crippen LogP contribution is -2.16. The molecule has 1 aromatic carbocycles. The summed E-state index contributed by atoms with van der Waals surface area (Å²) in [7, 11) is 0. The summed E-state index contributed by atoms with van der Waals surface area (Å²) in [6.07, 6.45) is 2.80. The molecule has 0 aliphatic rings. The van der Waals surface area contributed by atoms with Crippen LogP contribution in [0.4, 0.5) is 10.2 Å². The van der Waals surface area contributed by atoms with E-state index in [-0.39, 0.29) is 30.4 Å². The molecule has 0 saturated carbocycles. The minimum absolute atomic E-state index is 0.0986. The van der Waals surface area contributed by atoms with Gasteiger partial charge in [-0.05, 0) is 18.2 Å². The summed E-state index contributed by atoms with van der Waals surface area (Å²) in [6, 6.07) is 12.5. The summed E-state index contributed by atoms with van der Waals surface area (Å²) >= 11 is 0. The Morgan fingerprint density at radius 1 is 1.15 bits per heavy atom. The van der Waals surface area contributed by atoms with Crippen LogP contribution in [0.25, 0.3) is 22.9 Å². The van der Waals surface area contributed by atoms with Gasteiger partial charge < -0.3 is 14.4 Å². The molecule has 0 spiro atoms.